The quantitative estimate of drug-likeness (QED) is 0.394. The molecule has 0 saturated heterocycles. The lowest BCUT2D eigenvalue weighted by atomic mass is 10.2. The van der Waals surface area contributed by atoms with Crippen LogP contribution in [0.3, 0.4) is 0 Å². The predicted molar refractivity (Wildman–Crippen MR) is 120 cm³/mol. The van der Waals surface area contributed by atoms with Gasteiger partial charge in [-0.05, 0) is 24.3 Å². The second-order valence-electron chi connectivity index (χ2n) is 6.46. The molecule has 3 heterocycles. The highest BCUT2D eigenvalue weighted by molar-refractivity contribution is 7.80. The minimum absolute atomic E-state index is 0.306. The normalized spacial score (nSPS) is 12.5. The van der Waals surface area contributed by atoms with E-state index >= 15 is 0 Å². The fraction of sp³-hybridized carbons (Fsp3) is 0.0500. The first-order valence-corrected chi connectivity index (χ1v) is 10.1. The van der Waals surface area contributed by atoms with E-state index in [0.717, 1.165) is 0 Å². The van der Waals surface area contributed by atoms with E-state index in [4.69, 9.17) is 40.8 Å². The molecule has 0 aliphatic carbocycles. The van der Waals surface area contributed by atoms with Crippen LogP contribution < -0.4 is 5.56 Å². The Morgan fingerprint density at radius 1 is 1.00 bits per heavy atom. The maximum Gasteiger partial charge on any atom is 0.266 e. The van der Waals surface area contributed by atoms with Crippen molar-refractivity contribution in [1.82, 2.24) is 29.5 Å². The van der Waals surface area contributed by atoms with E-state index < -0.39 is 5.25 Å². The molecule has 7 nitrogen and oxygen atoms in total. The number of thiol groups is 1. The molecule has 2 aromatic carbocycles. The van der Waals surface area contributed by atoms with Crippen molar-refractivity contribution in [2.24, 2.45) is 0 Å². The van der Waals surface area contributed by atoms with Crippen LogP contribution >= 0.6 is 35.8 Å². The molecule has 0 amide bonds. The molecular weight excluding hydrogens is 443 g/mol. The van der Waals surface area contributed by atoms with Crippen molar-refractivity contribution in [3.05, 3.63) is 87.0 Å². The summed E-state index contributed by atoms with van der Waals surface area (Å²) in [7, 11) is 0. The summed E-state index contributed by atoms with van der Waals surface area (Å²) in [6.07, 6.45) is 2.92. The van der Waals surface area contributed by atoms with Gasteiger partial charge < -0.3 is 4.98 Å². The van der Waals surface area contributed by atoms with E-state index in [0.29, 0.717) is 49.3 Å². The number of hydrogen-bond donors (Lipinski definition) is 2. The third-order valence-corrected chi connectivity index (χ3v) is 5.83. The molecule has 1 N–H and O–H groups in total. The van der Waals surface area contributed by atoms with Crippen LogP contribution in [-0.2, 0) is 0 Å². The van der Waals surface area contributed by atoms with Crippen LogP contribution in [0.25, 0.3) is 27.8 Å². The van der Waals surface area contributed by atoms with Crippen molar-refractivity contribution < 1.29 is 0 Å². The van der Waals surface area contributed by atoms with Gasteiger partial charge in [0, 0.05) is 0 Å². The van der Waals surface area contributed by atoms with Gasteiger partial charge in [-0.15, -0.1) is 0 Å². The van der Waals surface area contributed by atoms with Crippen molar-refractivity contribution in [3.63, 3.8) is 0 Å². The van der Waals surface area contributed by atoms with E-state index in [1.54, 1.807) is 42.5 Å². The summed E-state index contributed by atoms with van der Waals surface area (Å²) in [6.45, 7) is 0. The Balaban J connectivity index is 1.88. The molecule has 0 aliphatic heterocycles. The third-order valence-electron chi connectivity index (χ3n) is 4.72. The summed E-state index contributed by atoms with van der Waals surface area (Å²) in [4.78, 5) is 33.9. The number of H-pyrrole nitrogens is 1. The largest absolute Gasteiger partial charge is 0.342 e. The average Bonchev–Trinajstić information content (AvgIpc) is 3.23. The summed E-state index contributed by atoms with van der Waals surface area (Å²) in [5, 5.41) is 0.452. The third kappa shape index (κ3) is 2.96. The number of imidazole rings is 1. The highest BCUT2D eigenvalue weighted by Crippen LogP contribution is 2.33. The highest BCUT2D eigenvalue weighted by Gasteiger charge is 2.25. The monoisotopic (exact) mass is 454 g/mol. The summed E-state index contributed by atoms with van der Waals surface area (Å²) in [6, 6.07) is 12.1. The van der Waals surface area contributed by atoms with Gasteiger partial charge in [-0.2, -0.15) is 12.6 Å². The van der Waals surface area contributed by atoms with Crippen LogP contribution in [0.1, 0.15) is 16.8 Å². The van der Waals surface area contributed by atoms with Crippen molar-refractivity contribution in [1.29, 1.82) is 0 Å². The average molecular weight is 455 g/mol. The van der Waals surface area contributed by atoms with Crippen LogP contribution in [0.15, 0.2) is 59.9 Å². The molecule has 1 atom stereocenters. The zero-order chi connectivity index (χ0) is 20.8. The van der Waals surface area contributed by atoms with Gasteiger partial charge in [-0.1, -0.05) is 41.4 Å². The molecule has 0 fully saturated rings. The molecule has 0 spiro atoms. The molecule has 5 aromatic rings. The number of hydrogen-bond acceptors (Lipinski definition) is 6. The highest BCUT2D eigenvalue weighted by atomic mass is 35.5. The Kier molecular flexibility index (Phi) is 4.69. The van der Waals surface area contributed by atoms with Crippen molar-refractivity contribution >= 4 is 57.9 Å². The summed E-state index contributed by atoms with van der Waals surface area (Å²) in [5.41, 5.74) is 2.19. The Morgan fingerprint density at radius 2 is 1.80 bits per heavy atom. The number of halogens is 2. The number of nitrogens with one attached hydrogen (secondary N) is 1. The van der Waals surface area contributed by atoms with Crippen LogP contribution in [-0.4, -0.2) is 29.5 Å². The van der Waals surface area contributed by atoms with Gasteiger partial charge in [0.25, 0.3) is 5.56 Å². The second kappa shape index (κ2) is 7.39. The predicted octanol–water partition coefficient (Wildman–Crippen LogP) is 4.38. The van der Waals surface area contributed by atoms with Crippen LogP contribution in [0.2, 0.25) is 10.0 Å². The van der Waals surface area contributed by atoms with Gasteiger partial charge in [0.05, 0.1) is 38.7 Å². The molecule has 0 saturated carbocycles. The summed E-state index contributed by atoms with van der Waals surface area (Å²) < 4.78 is 1.45. The maximum absolute atomic E-state index is 13.5. The lowest BCUT2D eigenvalue weighted by molar-refractivity contribution is 0.829. The van der Waals surface area contributed by atoms with Gasteiger partial charge in [-0.3, -0.25) is 9.36 Å². The topological polar surface area (TPSA) is 89.3 Å². The number of para-hydroxylation sites is 2. The Morgan fingerprint density at radius 3 is 2.63 bits per heavy atom. The maximum atomic E-state index is 13.5. The fourth-order valence-corrected chi connectivity index (χ4v) is 4.16. The first-order valence-electron chi connectivity index (χ1n) is 8.84. The zero-order valence-electron chi connectivity index (χ0n) is 15.1. The molecule has 0 radical (unpaired) electrons. The minimum Gasteiger partial charge on any atom is -0.342 e. The van der Waals surface area contributed by atoms with Gasteiger partial charge in [0.2, 0.25) is 0 Å². The van der Waals surface area contributed by atoms with Gasteiger partial charge in [0.15, 0.2) is 5.65 Å². The van der Waals surface area contributed by atoms with Crippen molar-refractivity contribution in [2.75, 3.05) is 0 Å². The van der Waals surface area contributed by atoms with E-state index in [-0.39, 0.29) is 5.56 Å². The van der Waals surface area contributed by atoms with E-state index in [1.165, 1.54) is 17.2 Å². The van der Waals surface area contributed by atoms with Crippen LogP contribution in [0, 0.1) is 0 Å². The Bertz CT molecular complexity index is 1480. The second-order valence-corrected chi connectivity index (χ2v) is 7.79. The molecule has 148 valence electrons. The molecule has 30 heavy (non-hydrogen) atoms. The lowest BCUT2D eigenvalue weighted by Crippen LogP contribution is -2.25. The number of aromatic amines is 1. The molecule has 1 unspecified atom stereocenters. The number of rotatable bonds is 3. The van der Waals surface area contributed by atoms with Gasteiger partial charge in [-0.25, -0.2) is 19.9 Å². The first-order chi connectivity index (χ1) is 14.6. The number of nitrogens with zero attached hydrogens (tertiary/aromatic N) is 5. The SMILES string of the molecule is O=c1c2cccc(Cl)c2nc(C(S)c2ncnc3nc[nH]c23)n1-c1ccccc1Cl. The number of benzene rings is 2. The van der Waals surface area contributed by atoms with E-state index in [2.05, 4.69) is 19.9 Å². The molecule has 0 aliphatic rings. The summed E-state index contributed by atoms with van der Waals surface area (Å²) >= 11 is 17.6. The van der Waals surface area contributed by atoms with Crippen LogP contribution in [0.4, 0.5) is 0 Å². The zero-order valence-corrected chi connectivity index (χ0v) is 17.5. The van der Waals surface area contributed by atoms with Gasteiger partial charge in [0.1, 0.15) is 22.9 Å². The standard InChI is InChI=1S/C20H12Cl2N6OS/c21-11-5-1-2-7-13(11)28-19(27-14-10(20(28)29)4-3-6-12(14)22)17(30)15-16-18(25-8-23-15)26-9-24-16/h1-9,17,30H,(H,23,24,25,26). The number of fused-ring (bicyclic) bond motifs is 2. The lowest BCUT2D eigenvalue weighted by Gasteiger charge is -2.19. The first kappa shape index (κ1) is 19.0. The Labute approximate surface area is 185 Å². The fourth-order valence-electron chi connectivity index (χ4n) is 3.35. The van der Waals surface area contributed by atoms with Crippen molar-refractivity contribution in [2.45, 2.75) is 5.25 Å². The molecule has 0 bridgehead atoms. The van der Waals surface area contributed by atoms with Crippen LogP contribution in [0.5, 0.6) is 0 Å². The molecule has 5 rings (SSSR count). The molecule has 10 heteroatoms. The summed E-state index contributed by atoms with van der Waals surface area (Å²) in [5.74, 6) is 0.326. The Hall–Kier alpha value is -2.94. The molecular formula is C20H12Cl2N6OS. The van der Waals surface area contributed by atoms with E-state index in [9.17, 15) is 4.79 Å². The molecule has 3 aromatic heterocycles. The minimum atomic E-state index is -0.694. The smallest absolute Gasteiger partial charge is 0.266 e. The number of aromatic nitrogens is 6. The van der Waals surface area contributed by atoms with E-state index in [1.807, 2.05) is 0 Å². The van der Waals surface area contributed by atoms with Crippen molar-refractivity contribution in [3.8, 4) is 5.69 Å². The van der Waals surface area contributed by atoms with Gasteiger partial charge >= 0.3 is 0 Å².